The van der Waals surface area contributed by atoms with Crippen LogP contribution in [0.5, 0.6) is 5.75 Å². The van der Waals surface area contributed by atoms with E-state index in [0.29, 0.717) is 25.3 Å². The minimum atomic E-state index is -0.501. The Kier molecular flexibility index (Phi) is 3.41. The van der Waals surface area contributed by atoms with E-state index in [2.05, 4.69) is 5.16 Å². The van der Waals surface area contributed by atoms with Gasteiger partial charge in [-0.05, 0) is 19.1 Å². The molecular formula is C15H16N2O3. The maximum Gasteiger partial charge on any atom is 0.263 e. The average molecular weight is 272 g/mol. The Hall–Kier alpha value is -2.30. The molecule has 0 saturated carbocycles. The number of carbonyl (C=O) groups is 1. The molecule has 0 bridgehead atoms. The van der Waals surface area contributed by atoms with Gasteiger partial charge in [0.15, 0.2) is 6.10 Å². The summed E-state index contributed by atoms with van der Waals surface area (Å²) >= 11 is 0. The van der Waals surface area contributed by atoms with E-state index in [1.807, 2.05) is 30.3 Å². The third-order valence-corrected chi connectivity index (χ3v) is 3.42. The highest BCUT2D eigenvalue weighted by Gasteiger charge is 2.27. The van der Waals surface area contributed by atoms with Crippen LogP contribution in [0.3, 0.4) is 0 Å². The predicted octanol–water partition coefficient (Wildman–Crippen LogP) is 2.03. The fourth-order valence-electron chi connectivity index (χ4n) is 2.34. The van der Waals surface area contributed by atoms with E-state index in [1.54, 1.807) is 18.0 Å². The second-order valence-electron chi connectivity index (χ2n) is 4.86. The number of hydrogen-bond acceptors (Lipinski definition) is 4. The number of hydrogen-bond donors (Lipinski definition) is 0. The van der Waals surface area contributed by atoms with Crippen LogP contribution in [-0.2, 0) is 17.8 Å². The van der Waals surface area contributed by atoms with Crippen molar-refractivity contribution in [1.29, 1.82) is 0 Å². The molecule has 1 aromatic carbocycles. The largest absolute Gasteiger partial charge is 0.481 e. The van der Waals surface area contributed by atoms with E-state index in [4.69, 9.17) is 9.26 Å². The van der Waals surface area contributed by atoms with Crippen molar-refractivity contribution in [2.45, 2.75) is 26.0 Å². The average Bonchev–Trinajstić information content (AvgIpc) is 2.94. The molecule has 5 nitrogen and oxygen atoms in total. The van der Waals surface area contributed by atoms with E-state index in [1.165, 1.54) is 0 Å². The Balaban J connectivity index is 1.64. The first-order chi connectivity index (χ1) is 9.74. The van der Waals surface area contributed by atoms with Gasteiger partial charge in [-0.25, -0.2) is 0 Å². The van der Waals surface area contributed by atoms with Crippen molar-refractivity contribution in [3.05, 3.63) is 47.9 Å². The van der Waals surface area contributed by atoms with E-state index >= 15 is 0 Å². The first kappa shape index (κ1) is 12.7. The summed E-state index contributed by atoms with van der Waals surface area (Å²) in [6, 6.07) is 9.38. The summed E-state index contributed by atoms with van der Waals surface area (Å²) in [5.74, 6) is 1.57. The van der Waals surface area contributed by atoms with Crippen LogP contribution in [-0.4, -0.2) is 28.6 Å². The lowest BCUT2D eigenvalue weighted by Gasteiger charge is -2.28. The summed E-state index contributed by atoms with van der Waals surface area (Å²) < 4.78 is 10.8. The molecule has 0 saturated heterocycles. The molecule has 1 atom stereocenters. The highest BCUT2D eigenvalue weighted by molar-refractivity contribution is 5.81. The first-order valence-electron chi connectivity index (χ1n) is 6.67. The standard InChI is InChI=1S/C15H16N2O3/c1-11(19-13-5-3-2-4-6-13)15(18)17-8-7-14-12(10-17)9-16-20-14/h2-6,9,11H,7-8,10H2,1H3. The summed E-state index contributed by atoms with van der Waals surface area (Å²) in [6.07, 6.45) is 1.88. The summed E-state index contributed by atoms with van der Waals surface area (Å²) in [6.45, 7) is 2.96. The van der Waals surface area contributed by atoms with Gasteiger partial charge in [-0.2, -0.15) is 0 Å². The number of fused-ring (bicyclic) bond motifs is 1. The van der Waals surface area contributed by atoms with Crippen molar-refractivity contribution >= 4 is 5.91 Å². The smallest absolute Gasteiger partial charge is 0.263 e. The molecule has 0 spiro atoms. The van der Waals surface area contributed by atoms with Crippen molar-refractivity contribution in [3.63, 3.8) is 0 Å². The number of ether oxygens (including phenoxy) is 1. The van der Waals surface area contributed by atoms with Crippen LogP contribution >= 0.6 is 0 Å². The molecule has 0 aliphatic carbocycles. The third-order valence-electron chi connectivity index (χ3n) is 3.42. The maximum atomic E-state index is 12.4. The summed E-state index contributed by atoms with van der Waals surface area (Å²) in [5.41, 5.74) is 0.983. The molecule has 1 unspecified atom stereocenters. The number of nitrogens with zero attached hydrogens (tertiary/aromatic N) is 2. The van der Waals surface area contributed by atoms with Gasteiger partial charge < -0.3 is 14.2 Å². The highest BCUT2D eigenvalue weighted by atomic mass is 16.5. The second-order valence-corrected chi connectivity index (χ2v) is 4.86. The summed E-state index contributed by atoms with van der Waals surface area (Å²) in [4.78, 5) is 14.2. The molecule has 2 heterocycles. The van der Waals surface area contributed by atoms with Gasteiger partial charge in [0.2, 0.25) is 0 Å². The zero-order valence-corrected chi connectivity index (χ0v) is 11.3. The van der Waals surface area contributed by atoms with Crippen LogP contribution in [0.25, 0.3) is 0 Å². The number of amides is 1. The number of carbonyl (C=O) groups excluding carboxylic acids is 1. The van der Waals surface area contributed by atoms with Crippen LogP contribution in [0.15, 0.2) is 41.1 Å². The van der Waals surface area contributed by atoms with Crippen molar-refractivity contribution in [1.82, 2.24) is 10.1 Å². The number of para-hydroxylation sites is 1. The zero-order chi connectivity index (χ0) is 13.9. The van der Waals surface area contributed by atoms with Crippen LogP contribution < -0.4 is 4.74 Å². The minimum Gasteiger partial charge on any atom is -0.481 e. The number of rotatable bonds is 3. The van der Waals surface area contributed by atoms with Crippen molar-refractivity contribution < 1.29 is 14.1 Å². The molecule has 0 N–H and O–H groups in total. The Morgan fingerprint density at radius 3 is 3.00 bits per heavy atom. The maximum absolute atomic E-state index is 12.4. The lowest BCUT2D eigenvalue weighted by atomic mass is 10.1. The minimum absolute atomic E-state index is 0.0132. The lowest BCUT2D eigenvalue weighted by molar-refractivity contribution is -0.139. The molecule has 1 aliphatic rings. The molecular weight excluding hydrogens is 256 g/mol. The normalized spacial score (nSPS) is 15.6. The van der Waals surface area contributed by atoms with Gasteiger partial charge in [-0.3, -0.25) is 4.79 Å². The summed E-state index contributed by atoms with van der Waals surface area (Å²) in [7, 11) is 0. The second kappa shape index (κ2) is 5.36. The Morgan fingerprint density at radius 2 is 2.20 bits per heavy atom. The number of aromatic nitrogens is 1. The van der Waals surface area contributed by atoms with Crippen molar-refractivity contribution in [2.24, 2.45) is 0 Å². The van der Waals surface area contributed by atoms with Crippen molar-refractivity contribution in [3.8, 4) is 5.75 Å². The van der Waals surface area contributed by atoms with Crippen LogP contribution in [0.1, 0.15) is 18.2 Å². The Bertz CT molecular complexity index is 594. The van der Waals surface area contributed by atoms with Gasteiger partial charge in [0.25, 0.3) is 5.91 Å². The van der Waals surface area contributed by atoms with Gasteiger partial charge in [0.1, 0.15) is 11.5 Å². The van der Waals surface area contributed by atoms with Gasteiger partial charge in [-0.1, -0.05) is 23.4 Å². The highest BCUT2D eigenvalue weighted by Crippen LogP contribution is 2.20. The topological polar surface area (TPSA) is 55.6 Å². The molecule has 3 rings (SSSR count). The fraction of sp³-hybridized carbons (Fsp3) is 0.333. The third kappa shape index (κ3) is 2.52. The van der Waals surface area contributed by atoms with E-state index in [-0.39, 0.29) is 5.91 Å². The zero-order valence-electron chi connectivity index (χ0n) is 11.3. The van der Waals surface area contributed by atoms with E-state index < -0.39 is 6.10 Å². The quantitative estimate of drug-likeness (QED) is 0.858. The molecule has 0 fully saturated rings. The molecule has 2 aromatic rings. The molecule has 5 heteroatoms. The molecule has 1 aliphatic heterocycles. The molecule has 20 heavy (non-hydrogen) atoms. The SMILES string of the molecule is CC(Oc1ccccc1)C(=O)N1CCc2oncc2C1. The van der Waals surface area contributed by atoms with E-state index in [0.717, 1.165) is 11.3 Å². The van der Waals surface area contributed by atoms with Crippen LogP contribution in [0.2, 0.25) is 0 Å². The van der Waals surface area contributed by atoms with Crippen LogP contribution in [0.4, 0.5) is 0 Å². The van der Waals surface area contributed by atoms with Gasteiger partial charge in [-0.15, -0.1) is 0 Å². The fourth-order valence-corrected chi connectivity index (χ4v) is 2.34. The molecule has 1 amide bonds. The summed E-state index contributed by atoms with van der Waals surface area (Å²) in [5, 5.41) is 3.77. The van der Waals surface area contributed by atoms with E-state index in [9.17, 15) is 4.79 Å². The predicted molar refractivity (Wildman–Crippen MR) is 72.2 cm³/mol. The monoisotopic (exact) mass is 272 g/mol. The molecule has 104 valence electrons. The van der Waals surface area contributed by atoms with Crippen LogP contribution in [0, 0.1) is 0 Å². The first-order valence-corrected chi connectivity index (χ1v) is 6.67. The van der Waals surface area contributed by atoms with Gasteiger partial charge in [0.05, 0.1) is 12.7 Å². The van der Waals surface area contributed by atoms with Gasteiger partial charge in [0, 0.05) is 18.5 Å². The molecule has 1 aromatic heterocycles. The Morgan fingerprint density at radius 1 is 1.40 bits per heavy atom. The lowest BCUT2D eigenvalue weighted by Crippen LogP contribution is -2.42. The Labute approximate surface area is 117 Å². The van der Waals surface area contributed by atoms with Gasteiger partial charge >= 0.3 is 0 Å². The molecule has 0 radical (unpaired) electrons. The van der Waals surface area contributed by atoms with Crippen molar-refractivity contribution in [2.75, 3.05) is 6.54 Å². The number of benzene rings is 1.